The van der Waals surface area contributed by atoms with Crippen molar-refractivity contribution in [3.8, 4) is 0 Å². The molecule has 0 atom stereocenters. The molecule has 0 aliphatic rings. The minimum absolute atomic E-state index is 0.691. The lowest BCUT2D eigenvalue weighted by atomic mass is 10.1. The molecule has 0 unspecified atom stereocenters. The van der Waals surface area contributed by atoms with Crippen LogP contribution in [0.1, 0.15) is 104 Å². The zero-order valence-corrected chi connectivity index (χ0v) is 19.9. The lowest BCUT2D eigenvalue weighted by Crippen LogP contribution is -2.34. The third-order valence-corrected chi connectivity index (χ3v) is 6.56. The molecule has 0 N–H and O–H groups in total. The third-order valence-electron chi connectivity index (χ3n) is 4.84. The lowest BCUT2D eigenvalue weighted by molar-refractivity contribution is 0.213. The Hall–Kier alpha value is -0.383. The molecule has 0 saturated heterocycles. The van der Waals surface area contributed by atoms with Crippen LogP contribution in [0.3, 0.4) is 0 Å². The van der Waals surface area contributed by atoms with E-state index in [4.69, 9.17) is 8.85 Å². The summed E-state index contributed by atoms with van der Waals surface area (Å²) in [6.45, 7) is 10.2. The van der Waals surface area contributed by atoms with Crippen LogP contribution in [-0.4, -0.2) is 21.8 Å². The van der Waals surface area contributed by atoms with Crippen LogP contribution in [-0.2, 0) is 8.85 Å². The summed E-state index contributed by atoms with van der Waals surface area (Å²) in [7, 11) is -1.99. The van der Waals surface area contributed by atoms with Gasteiger partial charge in [-0.05, 0) is 38.8 Å². The van der Waals surface area contributed by atoms with E-state index >= 15 is 0 Å². The van der Waals surface area contributed by atoms with Gasteiger partial charge in [-0.25, -0.2) is 0 Å². The fourth-order valence-corrected chi connectivity index (χ4v) is 4.07. The molecular weight excluding hydrogens is 348 g/mol. The van der Waals surface area contributed by atoms with Crippen molar-refractivity contribution in [3.63, 3.8) is 0 Å². The first-order chi connectivity index (χ1) is 13.1. The van der Waals surface area contributed by atoms with Crippen molar-refractivity contribution < 1.29 is 8.85 Å². The number of unbranched alkanes of at least 4 members (excludes halogenated alkanes) is 12. The van der Waals surface area contributed by atoms with Crippen LogP contribution in [0.25, 0.3) is 0 Å². The van der Waals surface area contributed by atoms with E-state index in [9.17, 15) is 0 Å². The zero-order valence-electron chi connectivity index (χ0n) is 18.9. The van der Waals surface area contributed by atoms with Crippen molar-refractivity contribution in [3.05, 3.63) is 24.3 Å². The fourth-order valence-electron chi connectivity index (χ4n) is 3.00. The van der Waals surface area contributed by atoms with Crippen molar-refractivity contribution in [1.29, 1.82) is 0 Å². The van der Waals surface area contributed by atoms with Gasteiger partial charge in [0.2, 0.25) is 0 Å². The molecule has 0 aromatic carbocycles. The molecule has 0 aliphatic carbocycles. The summed E-state index contributed by atoms with van der Waals surface area (Å²) in [5, 5.41) is 0. The molecular formula is C24H48O2Si. The van der Waals surface area contributed by atoms with Crippen molar-refractivity contribution in [1.82, 2.24) is 0 Å². The summed E-state index contributed by atoms with van der Waals surface area (Å²) in [6, 6.07) is 0. The van der Waals surface area contributed by atoms with Crippen LogP contribution >= 0.6 is 0 Å². The third kappa shape index (κ3) is 21.8. The van der Waals surface area contributed by atoms with Crippen molar-refractivity contribution in [2.75, 3.05) is 13.2 Å². The average Bonchev–Trinajstić information content (AvgIpc) is 2.64. The molecule has 0 radical (unpaired) electrons. The second-order valence-corrected chi connectivity index (χ2v) is 11.5. The lowest BCUT2D eigenvalue weighted by Gasteiger charge is -2.21. The van der Waals surface area contributed by atoms with Gasteiger partial charge in [-0.1, -0.05) is 102 Å². The predicted octanol–water partition coefficient (Wildman–Crippen LogP) is 8.34. The molecule has 0 bridgehead atoms. The Morgan fingerprint density at radius 3 is 1.30 bits per heavy atom. The second-order valence-electron chi connectivity index (χ2n) is 8.08. The minimum atomic E-state index is -1.99. The molecule has 0 aliphatic heterocycles. The van der Waals surface area contributed by atoms with Crippen LogP contribution in [0.4, 0.5) is 0 Å². The van der Waals surface area contributed by atoms with Gasteiger partial charge in [0, 0.05) is 0 Å². The molecule has 160 valence electrons. The molecule has 0 heterocycles. The molecule has 0 amide bonds. The Morgan fingerprint density at radius 1 is 0.519 bits per heavy atom. The van der Waals surface area contributed by atoms with E-state index in [1.165, 1.54) is 89.9 Å². The van der Waals surface area contributed by atoms with Crippen LogP contribution in [0.15, 0.2) is 24.3 Å². The summed E-state index contributed by atoms with van der Waals surface area (Å²) in [5.74, 6) is 0. The SMILES string of the molecule is CCCCCCCCC=CCO[Si](C)(C)OCC=CCCCCCCCC. The van der Waals surface area contributed by atoms with Crippen LogP contribution < -0.4 is 0 Å². The van der Waals surface area contributed by atoms with Gasteiger partial charge in [0.15, 0.2) is 0 Å². The molecule has 0 aromatic rings. The van der Waals surface area contributed by atoms with Crippen molar-refractivity contribution in [2.45, 2.75) is 117 Å². The Balaban J connectivity index is 3.51. The number of rotatable bonds is 20. The monoisotopic (exact) mass is 396 g/mol. The van der Waals surface area contributed by atoms with Gasteiger partial charge in [0.05, 0.1) is 13.2 Å². The van der Waals surface area contributed by atoms with Gasteiger partial charge in [0.25, 0.3) is 0 Å². The Labute approximate surface area is 172 Å². The molecule has 0 saturated carbocycles. The minimum Gasteiger partial charge on any atom is -0.391 e. The quantitative estimate of drug-likeness (QED) is 0.117. The summed E-state index contributed by atoms with van der Waals surface area (Å²) >= 11 is 0. The van der Waals surface area contributed by atoms with Gasteiger partial charge < -0.3 is 8.85 Å². The molecule has 0 aromatic heterocycles. The van der Waals surface area contributed by atoms with E-state index in [0.717, 1.165) is 0 Å². The Bertz CT molecular complexity index is 318. The van der Waals surface area contributed by atoms with Gasteiger partial charge in [0.1, 0.15) is 0 Å². The summed E-state index contributed by atoms with van der Waals surface area (Å²) < 4.78 is 11.9. The highest BCUT2D eigenvalue weighted by atomic mass is 28.4. The smallest absolute Gasteiger partial charge is 0.332 e. The van der Waals surface area contributed by atoms with Crippen molar-refractivity contribution in [2.24, 2.45) is 0 Å². The topological polar surface area (TPSA) is 18.5 Å². The van der Waals surface area contributed by atoms with E-state index in [0.29, 0.717) is 13.2 Å². The zero-order chi connectivity index (χ0) is 20.1. The Morgan fingerprint density at radius 2 is 0.889 bits per heavy atom. The van der Waals surface area contributed by atoms with Crippen molar-refractivity contribution >= 4 is 8.56 Å². The van der Waals surface area contributed by atoms with Gasteiger partial charge in [-0.3, -0.25) is 0 Å². The molecule has 2 nitrogen and oxygen atoms in total. The van der Waals surface area contributed by atoms with Gasteiger partial charge in [-0.15, -0.1) is 0 Å². The standard InChI is InChI=1S/C24H48O2Si/c1-5-7-9-11-13-15-17-19-21-23-25-27(3,4)26-24-22-20-18-16-14-12-10-8-6-2/h19-22H,5-18,23-24H2,1-4H3. The highest BCUT2D eigenvalue weighted by Gasteiger charge is 2.22. The normalized spacial score (nSPS) is 12.6. The molecule has 27 heavy (non-hydrogen) atoms. The fraction of sp³-hybridized carbons (Fsp3) is 0.833. The highest BCUT2D eigenvalue weighted by molar-refractivity contribution is 6.64. The number of allylic oxidation sites excluding steroid dienone is 2. The molecule has 0 spiro atoms. The van der Waals surface area contributed by atoms with Gasteiger partial charge >= 0.3 is 8.56 Å². The average molecular weight is 397 g/mol. The summed E-state index contributed by atoms with van der Waals surface area (Å²) in [6.07, 6.45) is 27.6. The number of hydrogen-bond acceptors (Lipinski definition) is 2. The maximum atomic E-state index is 5.97. The summed E-state index contributed by atoms with van der Waals surface area (Å²) in [5.41, 5.74) is 0. The predicted molar refractivity (Wildman–Crippen MR) is 124 cm³/mol. The molecule has 0 rings (SSSR count). The molecule has 0 fully saturated rings. The largest absolute Gasteiger partial charge is 0.391 e. The first-order valence-corrected chi connectivity index (χ1v) is 14.5. The van der Waals surface area contributed by atoms with Crippen LogP contribution in [0.5, 0.6) is 0 Å². The van der Waals surface area contributed by atoms with E-state index in [1.54, 1.807) is 0 Å². The van der Waals surface area contributed by atoms with Crippen LogP contribution in [0, 0.1) is 0 Å². The van der Waals surface area contributed by atoms with E-state index in [-0.39, 0.29) is 0 Å². The Kier molecular flexibility index (Phi) is 20.1. The van der Waals surface area contributed by atoms with Crippen LogP contribution in [0.2, 0.25) is 13.1 Å². The maximum absolute atomic E-state index is 5.97. The van der Waals surface area contributed by atoms with E-state index < -0.39 is 8.56 Å². The van der Waals surface area contributed by atoms with E-state index in [1.807, 2.05) is 0 Å². The first kappa shape index (κ1) is 26.6. The second kappa shape index (κ2) is 20.4. The molecule has 3 heteroatoms. The maximum Gasteiger partial charge on any atom is 0.332 e. The summed E-state index contributed by atoms with van der Waals surface area (Å²) in [4.78, 5) is 0. The van der Waals surface area contributed by atoms with E-state index in [2.05, 4.69) is 51.2 Å². The first-order valence-electron chi connectivity index (χ1n) is 11.7. The highest BCUT2D eigenvalue weighted by Crippen LogP contribution is 2.10. The van der Waals surface area contributed by atoms with Gasteiger partial charge in [-0.2, -0.15) is 0 Å². The number of hydrogen-bond donors (Lipinski definition) is 0.